The van der Waals surface area contributed by atoms with Gasteiger partial charge in [0.2, 0.25) is 5.78 Å². The summed E-state index contributed by atoms with van der Waals surface area (Å²) in [7, 11) is 0. The van der Waals surface area contributed by atoms with Crippen LogP contribution in [0, 0.1) is 0 Å². The Balaban J connectivity index is 1.75. The Hall–Kier alpha value is -3.49. The monoisotopic (exact) mass is 445 g/mol. The highest BCUT2D eigenvalue weighted by Crippen LogP contribution is 2.32. The van der Waals surface area contributed by atoms with Crippen molar-refractivity contribution in [1.29, 1.82) is 0 Å². The summed E-state index contributed by atoms with van der Waals surface area (Å²) in [6.07, 6.45) is -4.83. The Bertz CT molecular complexity index is 1190. The number of nitrogens with one attached hydrogen (secondary N) is 3. The molecular formula is C16H13F6N9. The number of imidazole rings is 2. The molecule has 0 spiro atoms. The molecule has 4 aromatic heterocycles. The third-order valence-corrected chi connectivity index (χ3v) is 4.34. The molecule has 1 unspecified atom stereocenters. The van der Waals surface area contributed by atoms with Gasteiger partial charge in [0, 0.05) is 18.9 Å². The summed E-state index contributed by atoms with van der Waals surface area (Å²) in [5, 5.41) is 7.68. The molecule has 0 radical (unpaired) electrons. The minimum atomic E-state index is -4.76. The molecule has 4 aromatic rings. The van der Waals surface area contributed by atoms with Crippen LogP contribution in [0.5, 0.6) is 0 Å². The molecule has 0 saturated carbocycles. The third-order valence-electron chi connectivity index (χ3n) is 4.34. The first kappa shape index (κ1) is 20.8. The van der Waals surface area contributed by atoms with E-state index in [0.29, 0.717) is 5.69 Å². The van der Waals surface area contributed by atoms with Crippen molar-refractivity contribution < 1.29 is 26.3 Å². The fraction of sp³-hybridized carbons (Fsp3) is 0.312. The van der Waals surface area contributed by atoms with Gasteiger partial charge in [0.05, 0.1) is 12.0 Å². The van der Waals surface area contributed by atoms with Gasteiger partial charge >= 0.3 is 12.4 Å². The van der Waals surface area contributed by atoms with Crippen LogP contribution < -0.4 is 5.32 Å². The Morgan fingerprint density at radius 1 is 1.13 bits per heavy atom. The summed E-state index contributed by atoms with van der Waals surface area (Å²) in [5.74, 6) is -1.59. The molecule has 3 N–H and O–H groups in total. The van der Waals surface area contributed by atoms with Gasteiger partial charge < -0.3 is 10.3 Å². The molecule has 15 heteroatoms. The van der Waals surface area contributed by atoms with E-state index in [-0.39, 0.29) is 35.2 Å². The zero-order chi connectivity index (χ0) is 22.4. The van der Waals surface area contributed by atoms with E-state index in [2.05, 4.69) is 40.4 Å². The van der Waals surface area contributed by atoms with Gasteiger partial charge in [-0.15, -0.1) is 5.10 Å². The first-order valence-corrected chi connectivity index (χ1v) is 8.71. The topological polar surface area (TPSA) is 112 Å². The van der Waals surface area contributed by atoms with Crippen molar-refractivity contribution >= 4 is 5.78 Å². The summed E-state index contributed by atoms with van der Waals surface area (Å²) < 4.78 is 78.2. The number of rotatable bonds is 5. The van der Waals surface area contributed by atoms with Gasteiger partial charge in [0.25, 0.3) is 5.82 Å². The molecule has 0 aliphatic heterocycles. The molecule has 164 valence electrons. The molecule has 9 nitrogen and oxygen atoms in total. The van der Waals surface area contributed by atoms with Crippen molar-refractivity contribution in [2.75, 3.05) is 0 Å². The van der Waals surface area contributed by atoms with Gasteiger partial charge in [-0.2, -0.15) is 26.3 Å². The van der Waals surface area contributed by atoms with Crippen LogP contribution >= 0.6 is 0 Å². The van der Waals surface area contributed by atoms with Gasteiger partial charge in [-0.3, -0.25) is 9.50 Å². The maximum Gasteiger partial charge on any atom is 0.453 e. The van der Waals surface area contributed by atoms with E-state index < -0.39 is 24.2 Å². The smallest absolute Gasteiger partial charge is 0.351 e. The van der Waals surface area contributed by atoms with Crippen molar-refractivity contribution in [2.24, 2.45) is 0 Å². The zero-order valence-electron chi connectivity index (χ0n) is 15.5. The van der Waals surface area contributed by atoms with Crippen LogP contribution in [0.15, 0.2) is 24.8 Å². The standard InChI is InChI=1S/C16H13F6N9/c1-7(15(17,18)19)24-4-8-2-3-31-11(9-5-23-6-25-9)10(27-14(31)26-8)12-28-13(30-29-12)16(20,21)22/h2-3,5-7,24H,4H2,1H3,(H,23,25)(H,28,29,30). The number of hydrogen-bond donors (Lipinski definition) is 3. The summed E-state index contributed by atoms with van der Waals surface area (Å²) in [6.45, 7) is 0.779. The maximum atomic E-state index is 12.9. The number of aromatic amines is 2. The summed E-state index contributed by atoms with van der Waals surface area (Å²) in [5.41, 5.74) is 0.862. The second-order valence-electron chi connectivity index (χ2n) is 6.50. The third kappa shape index (κ3) is 4.08. The van der Waals surface area contributed by atoms with E-state index >= 15 is 0 Å². The highest BCUT2D eigenvalue weighted by Gasteiger charge is 2.37. The number of nitrogens with zero attached hydrogens (tertiary/aromatic N) is 6. The molecule has 0 bridgehead atoms. The second-order valence-corrected chi connectivity index (χ2v) is 6.50. The van der Waals surface area contributed by atoms with Gasteiger partial charge in [-0.05, 0) is 13.0 Å². The SMILES string of the molecule is CC(NCc1ccn2c(-c3c[nH]cn3)c(-c3nc(C(F)(F)F)n[nH]3)nc2n1)C(F)(F)F. The normalized spacial score (nSPS) is 13.8. The van der Waals surface area contributed by atoms with E-state index in [1.807, 2.05) is 0 Å². The molecule has 0 amide bonds. The Labute approximate surface area is 169 Å². The predicted octanol–water partition coefficient (Wildman–Crippen LogP) is 2.96. The zero-order valence-corrected chi connectivity index (χ0v) is 15.5. The fourth-order valence-electron chi connectivity index (χ4n) is 2.73. The van der Waals surface area contributed by atoms with E-state index in [1.165, 1.54) is 29.2 Å². The minimum absolute atomic E-state index is 0.00336. The fourth-order valence-corrected chi connectivity index (χ4v) is 2.73. The lowest BCUT2D eigenvalue weighted by Crippen LogP contribution is -2.39. The van der Waals surface area contributed by atoms with E-state index in [9.17, 15) is 26.3 Å². The highest BCUT2D eigenvalue weighted by atomic mass is 19.4. The molecule has 0 aliphatic carbocycles. The van der Waals surface area contributed by atoms with Crippen LogP contribution in [0.4, 0.5) is 26.3 Å². The quantitative estimate of drug-likeness (QED) is 0.407. The van der Waals surface area contributed by atoms with Gasteiger partial charge in [-0.1, -0.05) is 0 Å². The average Bonchev–Trinajstić information content (AvgIpc) is 3.42. The molecule has 0 fully saturated rings. The lowest BCUT2D eigenvalue weighted by molar-refractivity contribution is -0.151. The molecule has 0 aliphatic rings. The number of fused-ring (bicyclic) bond motifs is 1. The van der Waals surface area contributed by atoms with E-state index in [0.717, 1.165) is 6.92 Å². The van der Waals surface area contributed by atoms with Crippen LogP contribution in [0.25, 0.3) is 28.7 Å². The number of H-pyrrole nitrogens is 2. The van der Waals surface area contributed by atoms with Crippen molar-refractivity contribution in [3.8, 4) is 22.9 Å². The highest BCUT2D eigenvalue weighted by molar-refractivity contribution is 5.76. The molecule has 1 atom stereocenters. The van der Waals surface area contributed by atoms with Crippen LogP contribution in [0.3, 0.4) is 0 Å². The summed E-state index contributed by atoms with van der Waals surface area (Å²) in [6, 6.07) is -0.290. The number of hydrogen-bond acceptors (Lipinski definition) is 6. The first-order chi connectivity index (χ1) is 14.5. The number of alkyl halides is 6. The van der Waals surface area contributed by atoms with Gasteiger partial charge in [0.1, 0.15) is 23.1 Å². The molecular weight excluding hydrogens is 432 g/mol. The van der Waals surface area contributed by atoms with Crippen molar-refractivity contribution in [3.63, 3.8) is 0 Å². The first-order valence-electron chi connectivity index (χ1n) is 8.71. The average molecular weight is 445 g/mol. The lowest BCUT2D eigenvalue weighted by Gasteiger charge is -2.16. The Morgan fingerprint density at radius 3 is 2.52 bits per heavy atom. The van der Waals surface area contributed by atoms with Crippen LogP contribution in [0.1, 0.15) is 18.4 Å². The van der Waals surface area contributed by atoms with Crippen LogP contribution in [-0.2, 0) is 12.7 Å². The van der Waals surface area contributed by atoms with Crippen molar-refractivity contribution in [1.82, 2.24) is 44.8 Å². The number of halogens is 6. The van der Waals surface area contributed by atoms with Gasteiger partial charge in [0.15, 0.2) is 5.82 Å². The summed E-state index contributed by atoms with van der Waals surface area (Å²) >= 11 is 0. The van der Waals surface area contributed by atoms with Crippen molar-refractivity contribution in [3.05, 3.63) is 36.3 Å². The van der Waals surface area contributed by atoms with Crippen LogP contribution in [0.2, 0.25) is 0 Å². The molecule has 4 rings (SSSR count). The maximum absolute atomic E-state index is 12.9. The Morgan fingerprint density at radius 2 is 1.90 bits per heavy atom. The second kappa shape index (κ2) is 7.33. The minimum Gasteiger partial charge on any atom is -0.351 e. The Kier molecular flexibility index (Phi) is 4.91. The van der Waals surface area contributed by atoms with Crippen LogP contribution in [-0.4, -0.2) is 51.7 Å². The molecule has 31 heavy (non-hydrogen) atoms. The van der Waals surface area contributed by atoms with Crippen molar-refractivity contribution in [2.45, 2.75) is 31.9 Å². The van der Waals surface area contributed by atoms with E-state index in [4.69, 9.17) is 0 Å². The summed E-state index contributed by atoms with van der Waals surface area (Å²) in [4.78, 5) is 18.7. The van der Waals surface area contributed by atoms with Gasteiger partial charge in [-0.25, -0.2) is 19.9 Å². The largest absolute Gasteiger partial charge is 0.453 e. The molecule has 0 aromatic carbocycles. The number of aromatic nitrogens is 8. The predicted molar refractivity (Wildman–Crippen MR) is 93.3 cm³/mol. The molecule has 0 saturated heterocycles. The van der Waals surface area contributed by atoms with E-state index in [1.54, 1.807) is 0 Å². The lowest BCUT2D eigenvalue weighted by atomic mass is 10.2. The molecule has 4 heterocycles.